The molecule has 1 aromatic carbocycles. The van der Waals surface area contributed by atoms with E-state index in [1.165, 1.54) is 22.7 Å². The number of thioether (sulfide) groups is 1. The molecule has 244 valence electrons. The Bertz CT molecular complexity index is 1420. The van der Waals surface area contributed by atoms with Gasteiger partial charge in [0.1, 0.15) is 10.0 Å². The molecule has 2 aromatic heterocycles. The summed E-state index contributed by atoms with van der Waals surface area (Å²) in [5.74, 6) is 1.31. The lowest BCUT2D eigenvalue weighted by molar-refractivity contribution is -0.116. The third-order valence-electron chi connectivity index (χ3n) is 6.09. The molecule has 0 bridgehead atoms. The number of carbonyl (C=O) groups excluding carboxylic acids is 2. The molecule has 2 heterocycles. The molecule has 0 unspecified atom stereocenters. The summed E-state index contributed by atoms with van der Waals surface area (Å²) in [7, 11) is 0. The Hall–Kier alpha value is -3.27. The van der Waals surface area contributed by atoms with Crippen molar-refractivity contribution in [2.24, 2.45) is 5.73 Å². The number of aromatic nitrogens is 4. The standard InChI is InChI=1S/C27H34N6O4S3.C4H9N/c1-3-7-19(18(4-2)16-34)14-22(36)28-26-32-30-24(39-26)10-12-38-13-11-25-31-33-27(40-25)29-23(37)15-20-8-5-6-9-21(20)17-35;1-2-3-4-5/h4-9,34-35H,3,10-17H2,1-2H3,(H,28,32,36)(H,29,33,37);2-3H,4-5H2,1H3/b18-4-,19-7-;3-2+. The van der Waals surface area contributed by atoms with E-state index in [9.17, 15) is 19.8 Å². The van der Waals surface area contributed by atoms with Crippen molar-refractivity contribution in [3.8, 4) is 0 Å². The number of carbonyl (C=O) groups is 2. The van der Waals surface area contributed by atoms with Gasteiger partial charge in [-0.1, -0.05) is 78.2 Å². The molecule has 0 radical (unpaired) electrons. The van der Waals surface area contributed by atoms with Gasteiger partial charge in [0.15, 0.2) is 0 Å². The Morgan fingerprint density at radius 2 is 1.51 bits per heavy atom. The third-order valence-corrected chi connectivity index (χ3v) is 8.87. The number of rotatable bonds is 17. The van der Waals surface area contributed by atoms with Gasteiger partial charge < -0.3 is 26.6 Å². The van der Waals surface area contributed by atoms with Crippen LogP contribution in [-0.4, -0.2) is 67.1 Å². The number of anilines is 2. The van der Waals surface area contributed by atoms with Gasteiger partial charge in [-0.25, -0.2) is 0 Å². The van der Waals surface area contributed by atoms with Gasteiger partial charge in [0, 0.05) is 19.4 Å². The van der Waals surface area contributed by atoms with E-state index >= 15 is 0 Å². The molecule has 0 spiro atoms. The lowest BCUT2D eigenvalue weighted by atomic mass is 10.0. The summed E-state index contributed by atoms with van der Waals surface area (Å²) in [5, 5.41) is 43.7. The number of amides is 2. The van der Waals surface area contributed by atoms with Crippen molar-refractivity contribution in [2.45, 2.75) is 59.5 Å². The number of aliphatic hydroxyl groups excluding tert-OH is 2. The number of nitrogens with zero attached hydrogens (tertiary/aromatic N) is 4. The van der Waals surface area contributed by atoms with Gasteiger partial charge in [-0.2, -0.15) is 11.8 Å². The zero-order chi connectivity index (χ0) is 32.9. The molecular formula is C31H43N7O4S3. The van der Waals surface area contributed by atoms with Crippen LogP contribution in [0.5, 0.6) is 0 Å². The van der Waals surface area contributed by atoms with E-state index in [1.54, 1.807) is 17.8 Å². The van der Waals surface area contributed by atoms with E-state index in [1.807, 2.05) is 63.3 Å². The highest BCUT2D eigenvalue weighted by Gasteiger charge is 2.13. The number of allylic oxidation sites excluding steroid dienone is 3. The van der Waals surface area contributed by atoms with Gasteiger partial charge in [-0.15, -0.1) is 20.4 Å². The number of hydrogen-bond donors (Lipinski definition) is 5. The fourth-order valence-corrected chi connectivity index (χ4v) is 6.51. The number of hydrogen-bond acceptors (Lipinski definition) is 12. The summed E-state index contributed by atoms with van der Waals surface area (Å²) in [4.78, 5) is 24.9. The van der Waals surface area contributed by atoms with Gasteiger partial charge >= 0.3 is 0 Å². The monoisotopic (exact) mass is 673 g/mol. The molecule has 0 atom stereocenters. The highest BCUT2D eigenvalue weighted by molar-refractivity contribution is 7.99. The van der Waals surface area contributed by atoms with Gasteiger partial charge in [-0.3, -0.25) is 9.59 Å². The average molecular weight is 674 g/mol. The van der Waals surface area contributed by atoms with Gasteiger partial charge in [-0.05, 0) is 54.0 Å². The first-order valence-electron chi connectivity index (χ1n) is 14.6. The molecule has 3 rings (SSSR count). The van der Waals surface area contributed by atoms with Crippen molar-refractivity contribution in [2.75, 3.05) is 35.3 Å². The predicted molar refractivity (Wildman–Crippen MR) is 186 cm³/mol. The highest BCUT2D eigenvalue weighted by atomic mass is 32.2. The van der Waals surface area contributed by atoms with E-state index in [4.69, 9.17) is 5.73 Å². The van der Waals surface area contributed by atoms with Crippen LogP contribution in [0.2, 0.25) is 0 Å². The number of aryl methyl sites for hydroxylation is 2. The van der Waals surface area contributed by atoms with E-state index in [-0.39, 0.29) is 37.9 Å². The van der Waals surface area contributed by atoms with Gasteiger partial charge in [0.2, 0.25) is 22.1 Å². The first-order valence-corrected chi connectivity index (χ1v) is 17.4. The molecular weight excluding hydrogens is 631 g/mol. The zero-order valence-corrected chi connectivity index (χ0v) is 28.4. The Balaban J connectivity index is 0.00000130. The molecule has 0 aliphatic rings. The highest BCUT2D eigenvalue weighted by Crippen LogP contribution is 2.22. The third kappa shape index (κ3) is 14.6. The second-order valence-electron chi connectivity index (χ2n) is 9.41. The van der Waals surface area contributed by atoms with Crippen LogP contribution in [0.25, 0.3) is 0 Å². The van der Waals surface area contributed by atoms with Crippen LogP contribution in [0, 0.1) is 0 Å². The minimum atomic E-state index is -0.198. The van der Waals surface area contributed by atoms with Crippen LogP contribution in [0.15, 0.2) is 59.7 Å². The van der Waals surface area contributed by atoms with Gasteiger partial charge in [0.25, 0.3) is 0 Å². The summed E-state index contributed by atoms with van der Waals surface area (Å²) in [5.41, 5.74) is 8.14. The van der Waals surface area contributed by atoms with E-state index in [2.05, 4.69) is 31.0 Å². The quantitative estimate of drug-likeness (QED) is 0.0767. The lowest BCUT2D eigenvalue weighted by Gasteiger charge is -2.09. The predicted octanol–water partition coefficient (Wildman–Crippen LogP) is 4.71. The Morgan fingerprint density at radius 3 is 2.00 bits per heavy atom. The van der Waals surface area contributed by atoms with E-state index in [0.29, 0.717) is 16.8 Å². The molecule has 6 N–H and O–H groups in total. The SMILES string of the molecule is C/C=C(CO)\C(=C/CC)CC(=O)Nc1nnc(CCSCCc2nnc(NC(=O)Cc3ccccc3CO)s2)s1.C/C=C/CN. The van der Waals surface area contributed by atoms with Crippen LogP contribution >= 0.6 is 34.4 Å². The Morgan fingerprint density at radius 1 is 0.911 bits per heavy atom. The normalized spacial score (nSPS) is 11.8. The summed E-state index contributed by atoms with van der Waals surface area (Å²) >= 11 is 4.48. The summed E-state index contributed by atoms with van der Waals surface area (Å²) < 4.78 is 0. The molecule has 0 aliphatic carbocycles. The van der Waals surface area contributed by atoms with Crippen LogP contribution in [0.1, 0.15) is 54.8 Å². The fraction of sp³-hybridized carbons (Fsp3) is 0.419. The molecule has 0 fully saturated rings. The number of nitrogens with two attached hydrogens (primary N) is 1. The molecule has 0 aliphatic heterocycles. The molecule has 0 saturated heterocycles. The first kappa shape index (κ1) is 37.9. The molecule has 11 nitrogen and oxygen atoms in total. The molecule has 14 heteroatoms. The molecule has 45 heavy (non-hydrogen) atoms. The number of benzene rings is 1. The number of aliphatic hydroxyl groups is 2. The zero-order valence-electron chi connectivity index (χ0n) is 26.0. The number of nitrogens with one attached hydrogen (secondary N) is 2. The molecule has 2 amide bonds. The van der Waals surface area contributed by atoms with Crippen LogP contribution < -0.4 is 16.4 Å². The van der Waals surface area contributed by atoms with E-state index < -0.39 is 0 Å². The summed E-state index contributed by atoms with van der Waals surface area (Å²) in [6.45, 7) is 6.24. The first-order chi connectivity index (χ1) is 21.9. The van der Waals surface area contributed by atoms with Crippen molar-refractivity contribution in [1.29, 1.82) is 0 Å². The fourth-order valence-electron chi connectivity index (χ4n) is 3.87. The van der Waals surface area contributed by atoms with Crippen LogP contribution in [0.4, 0.5) is 10.3 Å². The summed E-state index contributed by atoms with van der Waals surface area (Å²) in [6, 6.07) is 7.30. The minimum Gasteiger partial charge on any atom is -0.392 e. The maximum absolute atomic E-state index is 12.5. The van der Waals surface area contributed by atoms with Gasteiger partial charge in [0.05, 0.1) is 26.1 Å². The summed E-state index contributed by atoms with van der Waals surface area (Å²) in [6.07, 6.45) is 10.2. The van der Waals surface area contributed by atoms with Crippen LogP contribution in [-0.2, 0) is 35.5 Å². The van der Waals surface area contributed by atoms with E-state index in [0.717, 1.165) is 63.1 Å². The van der Waals surface area contributed by atoms with Crippen molar-refractivity contribution < 1.29 is 19.8 Å². The molecule has 0 saturated carbocycles. The van der Waals surface area contributed by atoms with Crippen molar-refractivity contribution in [3.05, 3.63) is 80.9 Å². The second kappa shape index (κ2) is 22.3. The van der Waals surface area contributed by atoms with Crippen molar-refractivity contribution >= 4 is 56.5 Å². The smallest absolute Gasteiger partial charge is 0.230 e. The average Bonchev–Trinajstić information content (AvgIpc) is 3.67. The maximum atomic E-state index is 12.5. The Labute approximate surface area is 277 Å². The molecule has 3 aromatic rings. The maximum Gasteiger partial charge on any atom is 0.230 e. The van der Waals surface area contributed by atoms with Crippen LogP contribution in [0.3, 0.4) is 0 Å². The largest absolute Gasteiger partial charge is 0.392 e. The second-order valence-corrected chi connectivity index (χ2v) is 12.8. The topological polar surface area (TPSA) is 176 Å². The Kier molecular flexibility index (Phi) is 18.8. The van der Waals surface area contributed by atoms with Crippen molar-refractivity contribution in [1.82, 2.24) is 20.4 Å². The van der Waals surface area contributed by atoms with Crippen molar-refractivity contribution in [3.63, 3.8) is 0 Å². The lowest BCUT2D eigenvalue weighted by Crippen LogP contribution is -2.15. The minimum absolute atomic E-state index is 0.103.